The third-order valence-electron chi connectivity index (χ3n) is 3.52. The second-order valence-corrected chi connectivity index (χ2v) is 5.72. The lowest BCUT2D eigenvalue weighted by atomic mass is 10.2. The van der Waals surface area contributed by atoms with E-state index in [1.807, 2.05) is 0 Å². The van der Waals surface area contributed by atoms with Gasteiger partial charge >= 0.3 is 6.18 Å². The van der Waals surface area contributed by atoms with Crippen molar-refractivity contribution >= 4 is 17.5 Å². The number of rotatable bonds is 4. The summed E-state index contributed by atoms with van der Waals surface area (Å²) in [5.74, 6) is -0.704. The summed E-state index contributed by atoms with van der Waals surface area (Å²) in [7, 11) is 0. The van der Waals surface area contributed by atoms with Crippen molar-refractivity contribution in [3.63, 3.8) is 0 Å². The van der Waals surface area contributed by atoms with Gasteiger partial charge in [-0.25, -0.2) is 4.68 Å². The summed E-state index contributed by atoms with van der Waals surface area (Å²) >= 11 is 6.05. The highest BCUT2D eigenvalue weighted by Gasteiger charge is 2.36. The zero-order chi connectivity index (χ0) is 18.7. The SMILES string of the molecule is O=C(NCc1ccncc1)c1cc(C(F)(F)F)nn1-c1ccccc1Cl. The zero-order valence-corrected chi connectivity index (χ0v) is 13.9. The van der Waals surface area contributed by atoms with Crippen LogP contribution in [-0.2, 0) is 12.7 Å². The fraction of sp³-hybridized carbons (Fsp3) is 0.118. The van der Waals surface area contributed by atoms with Crippen LogP contribution >= 0.6 is 11.6 Å². The normalized spacial score (nSPS) is 11.4. The van der Waals surface area contributed by atoms with E-state index in [0.29, 0.717) is 6.07 Å². The van der Waals surface area contributed by atoms with E-state index in [9.17, 15) is 18.0 Å². The Labute approximate surface area is 151 Å². The molecule has 0 radical (unpaired) electrons. The number of carbonyl (C=O) groups is 1. The van der Waals surface area contributed by atoms with Gasteiger partial charge in [0.25, 0.3) is 5.91 Å². The molecule has 5 nitrogen and oxygen atoms in total. The highest BCUT2D eigenvalue weighted by atomic mass is 35.5. The molecule has 3 aromatic rings. The number of benzene rings is 1. The van der Waals surface area contributed by atoms with Crippen molar-refractivity contribution in [3.05, 3.63) is 76.8 Å². The Balaban J connectivity index is 1.95. The summed E-state index contributed by atoms with van der Waals surface area (Å²) in [4.78, 5) is 16.3. The molecule has 0 fully saturated rings. The van der Waals surface area contributed by atoms with Crippen molar-refractivity contribution in [2.45, 2.75) is 12.7 Å². The third kappa shape index (κ3) is 3.85. The van der Waals surface area contributed by atoms with Crippen LogP contribution in [0.2, 0.25) is 5.02 Å². The summed E-state index contributed by atoms with van der Waals surface area (Å²) in [6, 6.07) is 10.3. The predicted octanol–water partition coefficient (Wildman–Crippen LogP) is 3.87. The minimum atomic E-state index is -4.69. The Kier molecular flexibility index (Phi) is 4.94. The first-order valence-corrected chi connectivity index (χ1v) is 7.83. The van der Waals surface area contributed by atoms with Crippen LogP contribution in [0.3, 0.4) is 0 Å². The van der Waals surface area contributed by atoms with Gasteiger partial charge in [0, 0.05) is 25.0 Å². The molecule has 0 bridgehead atoms. The Morgan fingerprint density at radius 3 is 2.50 bits per heavy atom. The number of aromatic nitrogens is 3. The van der Waals surface area contributed by atoms with Crippen LogP contribution in [0, 0.1) is 0 Å². The lowest BCUT2D eigenvalue weighted by Crippen LogP contribution is -2.25. The number of para-hydroxylation sites is 1. The smallest absolute Gasteiger partial charge is 0.347 e. The van der Waals surface area contributed by atoms with Crippen LogP contribution in [0.4, 0.5) is 13.2 Å². The van der Waals surface area contributed by atoms with Gasteiger partial charge in [0.05, 0.1) is 10.7 Å². The zero-order valence-electron chi connectivity index (χ0n) is 13.2. The standard InChI is InChI=1S/C17H12ClF3N4O/c18-12-3-1-2-4-13(12)25-14(9-15(24-25)17(19,20)21)16(26)23-10-11-5-7-22-8-6-11/h1-9H,10H2,(H,23,26). The molecule has 3 rings (SSSR count). The minimum absolute atomic E-state index is 0.135. The predicted molar refractivity (Wildman–Crippen MR) is 89.0 cm³/mol. The van der Waals surface area contributed by atoms with E-state index in [2.05, 4.69) is 15.4 Å². The Morgan fingerprint density at radius 2 is 1.85 bits per heavy atom. The van der Waals surface area contributed by atoms with Gasteiger partial charge in [-0.15, -0.1) is 0 Å². The van der Waals surface area contributed by atoms with Gasteiger partial charge in [0.15, 0.2) is 5.69 Å². The topological polar surface area (TPSA) is 59.8 Å². The van der Waals surface area contributed by atoms with Gasteiger partial charge < -0.3 is 5.32 Å². The first-order chi connectivity index (χ1) is 12.4. The molecule has 0 atom stereocenters. The van der Waals surface area contributed by atoms with Crippen LogP contribution in [0.15, 0.2) is 54.9 Å². The summed E-state index contributed by atoms with van der Waals surface area (Å²) in [5, 5.41) is 6.27. The maximum absolute atomic E-state index is 13.1. The maximum Gasteiger partial charge on any atom is 0.435 e. The van der Waals surface area contributed by atoms with Crippen LogP contribution in [0.5, 0.6) is 0 Å². The molecule has 134 valence electrons. The highest BCUT2D eigenvalue weighted by Crippen LogP contribution is 2.30. The number of alkyl halides is 3. The Bertz CT molecular complexity index is 925. The number of halogens is 4. The van der Waals surface area contributed by atoms with E-state index in [1.54, 1.807) is 36.7 Å². The molecule has 9 heteroatoms. The molecule has 0 saturated heterocycles. The first kappa shape index (κ1) is 17.9. The van der Waals surface area contributed by atoms with Crippen LogP contribution in [0.1, 0.15) is 21.7 Å². The molecule has 0 spiro atoms. The molecule has 0 unspecified atom stereocenters. The van der Waals surface area contributed by atoms with Gasteiger partial charge in [-0.2, -0.15) is 18.3 Å². The molecule has 0 aliphatic carbocycles. The van der Waals surface area contributed by atoms with Crippen molar-refractivity contribution < 1.29 is 18.0 Å². The third-order valence-corrected chi connectivity index (χ3v) is 3.84. The van der Waals surface area contributed by atoms with Gasteiger partial charge in [0.1, 0.15) is 5.69 Å². The van der Waals surface area contributed by atoms with E-state index >= 15 is 0 Å². The second kappa shape index (κ2) is 7.17. The minimum Gasteiger partial charge on any atom is -0.347 e. The number of hydrogen-bond acceptors (Lipinski definition) is 3. The van der Waals surface area contributed by atoms with Crippen LogP contribution < -0.4 is 5.32 Å². The first-order valence-electron chi connectivity index (χ1n) is 7.45. The molecular weight excluding hydrogens is 369 g/mol. The molecular formula is C17H12ClF3N4O. The van der Waals surface area contributed by atoms with Crippen LogP contribution in [-0.4, -0.2) is 20.7 Å². The fourth-order valence-electron chi connectivity index (χ4n) is 2.26. The number of nitrogens with zero attached hydrogens (tertiary/aromatic N) is 3. The number of pyridine rings is 1. The average Bonchev–Trinajstić information content (AvgIpc) is 3.06. The fourth-order valence-corrected chi connectivity index (χ4v) is 2.48. The van der Waals surface area contributed by atoms with Crippen molar-refractivity contribution in [2.24, 2.45) is 0 Å². The van der Waals surface area contributed by atoms with E-state index in [1.165, 1.54) is 12.1 Å². The summed E-state index contributed by atoms with van der Waals surface area (Å²) in [5.41, 5.74) is -0.502. The molecule has 1 amide bonds. The molecule has 0 aliphatic heterocycles. The van der Waals surface area contributed by atoms with E-state index in [4.69, 9.17) is 11.6 Å². The van der Waals surface area contributed by atoms with E-state index in [-0.39, 0.29) is 22.9 Å². The maximum atomic E-state index is 13.1. The molecule has 2 heterocycles. The second-order valence-electron chi connectivity index (χ2n) is 5.31. The largest absolute Gasteiger partial charge is 0.435 e. The number of carbonyl (C=O) groups excluding carboxylic acids is 1. The summed E-state index contributed by atoms with van der Waals surface area (Å²) in [6.07, 6.45) is -1.58. The lowest BCUT2D eigenvalue weighted by molar-refractivity contribution is -0.141. The van der Waals surface area contributed by atoms with Gasteiger partial charge in [-0.05, 0) is 29.8 Å². The molecule has 1 aromatic carbocycles. The molecule has 26 heavy (non-hydrogen) atoms. The molecule has 0 saturated carbocycles. The van der Waals surface area contributed by atoms with E-state index < -0.39 is 17.8 Å². The molecule has 2 aromatic heterocycles. The highest BCUT2D eigenvalue weighted by molar-refractivity contribution is 6.32. The van der Waals surface area contributed by atoms with Crippen molar-refractivity contribution in [1.82, 2.24) is 20.1 Å². The van der Waals surface area contributed by atoms with Gasteiger partial charge in [-0.1, -0.05) is 23.7 Å². The number of nitrogens with one attached hydrogen (secondary N) is 1. The number of hydrogen-bond donors (Lipinski definition) is 1. The quantitative estimate of drug-likeness (QED) is 0.747. The van der Waals surface area contributed by atoms with Gasteiger partial charge in [0.2, 0.25) is 0 Å². The Hall–Kier alpha value is -2.87. The summed E-state index contributed by atoms with van der Waals surface area (Å²) in [6.45, 7) is 0.135. The monoisotopic (exact) mass is 380 g/mol. The molecule has 0 aliphatic rings. The van der Waals surface area contributed by atoms with Crippen molar-refractivity contribution in [1.29, 1.82) is 0 Å². The van der Waals surface area contributed by atoms with E-state index in [0.717, 1.165) is 10.2 Å². The Morgan fingerprint density at radius 1 is 1.15 bits per heavy atom. The van der Waals surface area contributed by atoms with Gasteiger partial charge in [-0.3, -0.25) is 9.78 Å². The lowest BCUT2D eigenvalue weighted by Gasteiger charge is -2.09. The summed E-state index contributed by atoms with van der Waals surface area (Å²) < 4.78 is 40.1. The van der Waals surface area contributed by atoms with Crippen LogP contribution in [0.25, 0.3) is 5.69 Å². The van der Waals surface area contributed by atoms with Crippen molar-refractivity contribution in [2.75, 3.05) is 0 Å². The number of amides is 1. The average molecular weight is 381 g/mol. The molecule has 1 N–H and O–H groups in total. The van der Waals surface area contributed by atoms with Crippen molar-refractivity contribution in [3.8, 4) is 5.69 Å².